The summed E-state index contributed by atoms with van der Waals surface area (Å²) in [5.74, 6) is 0. The van der Waals surface area contributed by atoms with Crippen molar-refractivity contribution < 1.29 is 0 Å². The molecular formula is C13H12ClN. The van der Waals surface area contributed by atoms with Crippen molar-refractivity contribution in [1.29, 1.82) is 0 Å². The van der Waals surface area contributed by atoms with E-state index >= 15 is 0 Å². The number of benzene rings is 2. The molecule has 2 rings (SSSR count). The van der Waals surface area contributed by atoms with Gasteiger partial charge in [-0.15, -0.1) is 0 Å². The van der Waals surface area contributed by atoms with E-state index in [2.05, 4.69) is 5.32 Å². The van der Waals surface area contributed by atoms with Gasteiger partial charge in [-0.2, -0.15) is 0 Å². The first-order chi connectivity index (χ1) is 7.27. The minimum Gasteiger partial charge on any atom is -0.354 e. The van der Waals surface area contributed by atoms with Gasteiger partial charge in [-0.25, -0.2) is 0 Å². The molecule has 0 saturated heterocycles. The highest BCUT2D eigenvalue weighted by atomic mass is 35.5. The Morgan fingerprint density at radius 3 is 2.33 bits per heavy atom. The Balaban J connectivity index is 2.32. The number of aryl methyl sites for hydroxylation is 1. The van der Waals surface area contributed by atoms with Crippen LogP contribution in [-0.2, 0) is 0 Å². The number of para-hydroxylation sites is 2. The topological polar surface area (TPSA) is 12.0 Å². The molecule has 0 aliphatic carbocycles. The second kappa shape index (κ2) is 4.37. The Bertz CT molecular complexity index is 431. The second-order valence-corrected chi connectivity index (χ2v) is 3.83. The van der Waals surface area contributed by atoms with Crippen LogP contribution in [0.3, 0.4) is 0 Å². The lowest BCUT2D eigenvalue weighted by atomic mass is 10.2. The minimum atomic E-state index is 0.749. The van der Waals surface area contributed by atoms with Gasteiger partial charge in [-0.05, 0) is 30.7 Å². The molecule has 76 valence electrons. The third kappa shape index (κ3) is 2.31. The minimum absolute atomic E-state index is 0.749. The van der Waals surface area contributed by atoms with E-state index in [1.807, 2.05) is 55.5 Å². The standard InChI is InChI=1S/C13H12ClN/c1-10-6-5-9-12(14)13(10)15-11-7-3-2-4-8-11/h2-9,15H,1H3. The van der Waals surface area contributed by atoms with Crippen LogP contribution in [0.1, 0.15) is 5.56 Å². The maximum atomic E-state index is 6.12. The Morgan fingerprint density at radius 2 is 1.67 bits per heavy atom. The summed E-state index contributed by atoms with van der Waals surface area (Å²) < 4.78 is 0. The molecule has 0 saturated carbocycles. The van der Waals surface area contributed by atoms with Crippen molar-refractivity contribution in [3.8, 4) is 0 Å². The molecule has 0 fully saturated rings. The Morgan fingerprint density at radius 1 is 0.933 bits per heavy atom. The molecule has 2 aromatic carbocycles. The quantitative estimate of drug-likeness (QED) is 0.787. The van der Waals surface area contributed by atoms with E-state index < -0.39 is 0 Å². The van der Waals surface area contributed by atoms with E-state index in [1.165, 1.54) is 0 Å². The highest BCUT2D eigenvalue weighted by Gasteiger charge is 2.02. The third-order valence-corrected chi connectivity index (χ3v) is 2.58. The van der Waals surface area contributed by atoms with Crippen LogP contribution in [0.15, 0.2) is 48.5 Å². The van der Waals surface area contributed by atoms with Crippen LogP contribution in [-0.4, -0.2) is 0 Å². The van der Waals surface area contributed by atoms with Gasteiger partial charge in [0.2, 0.25) is 0 Å². The lowest BCUT2D eigenvalue weighted by Gasteiger charge is -2.10. The fourth-order valence-corrected chi connectivity index (χ4v) is 1.73. The maximum Gasteiger partial charge on any atom is 0.0643 e. The van der Waals surface area contributed by atoms with Gasteiger partial charge in [0.1, 0.15) is 0 Å². The lowest BCUT2D eigenvalue weighted by Crippen LogP contribution is -1.93. The summed E-state index contributed by atoms with van der Waals surface area (Å²) in [7, 11) is 0. The number of rotatable bonds is 2. The summed E-state index contributed by atoms with van der Waals surface area (Å²) in [6, 6.07) is 15.9. The first kappa shape index (κ1) is 10.1. The average molecular weight is 218 g/mol. The molecule has 2 aromatic rings. The largest absolute Gasteiger partial charge is 0.354 e. The van der Waals surface area contributed by atoms with Gasteiger partial charge in [-0.3, -0.25) is 0 Å². The predicted molar refractivity (Wildman–Crippen MR) is 65.9 cm³/mol. The average Bonchev–Trinajstić information content (AvgIpc) is 2.25. The zero-order valence-corrected chi connectivity index (χ0v) is 9.25. The van der Waals surface area contributed by atoms with E-state index in [1.54, 1.807) is 0 Å². The van der Waals surface area contributed by atoms with Crippen LogP contribution in [0.2, 0.25) is 5.02 Å². The van der Waals surface area contributed by atoms with Crippen molar-refractivity contribution in [3.05, 3.63) is 59.1 Å². The summed E-state index contributed by atoms with van der Waals surface area (Å²) in [5, 5.41) is 4.06. The van der Waals surface area contributed by atoms with Crippen molar-refractivity contribution in [3.63, 3.8) is 0 Å². The van der Waals surface area contributed by atoms with Crippen molar-refractivity contribution in [2.45, 2.75) is 6.92 Å². The summed E-state index contributed by atoms with van der Waals surface area (Å²) in [6.07, 6.45) is 0. The molecule has 1 N–H and O–H groups in total. The summed E-state index contributed by atoms with van der Waals surface area (Å²) in [5.41, 5.74) is 3.17. The summed E-state index contributed by atoms with van der Waals surface area (Å²) >= 11 is 6.12. The fourth-order valence-electron chi connectivity index (χ4n) is 1.46. The van der Waals surface area contributed by atoms with Crippen molar-refractivity contribution in [1.82, 2.24) is 0 Å². The van der Waals surface area contributed by atoms with E-state index in [0.29, 0.717) is 0 Å². The fraction of sp³-hybridized carbons (Fsp3) is 0.0769. The molecule has 0 bridgehead atoms. The lowest BCUT2D eigenvalue weighted by molar-refractivity contribution is 1.43. The van der Waals surface area contributed by atoms with Crippen molar-refractivity contribution >= 4 is 23.0 Å². The summed E-state index contributed by atoms with van der Waals surface area (Å²) in [6.45, 7) is 2.04. The van der Waals surface area contributed by atoms with Crippen LogP contribution in [0.5, 0.6) is 0 Å². The van der Waals surface area contributed by atoms with Gasteiger partial charge in [0.25, 0.3) is 0 Å². The Hall–Kier alpha value is -1.47. The molecule has 0 atom stereocenters. The SMILES string of the molecule is Cc1cccc(Cl)c1Nc1ccccc1. The van der Waals surface area contributed by atoms with E-state index in [4.69, 9.17) is 11.6 Å². The number of nitrogens with one attached hydrogen (secondary N) is 1. The van der Waals surface area contributed by atoms with Crippen LogP contribution >= 0.6 is 11.6 Å². The Kier molecular flexibility index (Phi) is 2.93. The molecule has 0 radical (unpaired) electrons. The normalized spacial score (nSPS) is 10.0. The van der Waals surface area contributed by atoms with Gasteiger partial charge in [0.15, 0.2) is 0 Å². The van der Waals surface area contributed by atoms with E-state index in [-0.39, 0.29) is 0 Å². The number of halogens is 1. The zero-order valence-electron chi connectivity index (χ0n) is 8.50. The van der Waals surface area contributed by atoms with Crippen molar-refractivity contribution in [2.24, 2.45) is 0 Å². The van der Waals surface area contributed by atoms with Gasteiger partial charge in [0, 0.05) is 5.69 Å². The maximum absolute atomic E-state index is 6.12. The van der Waals surface area contributed by atoms with E-state index in [0.717, 1.165) is 22.0 Å². The van der Waals surface area contributed by atoms with Crippen LogP contribution in [0.4, 0.5) is 11.4 Å². The molecule has 1 nitrogen and oxygen atoms in total. The number of hydrogen-bond acceptors (Lipinski definition) is 1. The second-order valence-electron chi connectivity index (χ2n) is 3.42. The molecule has 15 heavy (non-hydrogen) atoms. The van der Waals surface area contributed by atoms with E-state index in [9.17, 15) is 0 Å². The highest BCUT2D eigenvalue weighted by molar-refractivity contribution is 6.33. The smallest absolute Gasteiger partial charge is 0.0643 e. The number of anilines is 2. The molecule has 0 aromatic heterocycles. The molecule has 0 unspecified atom stereocenters. The molecular weight excluding hydrogens is 206 g/mol. The van der Waals surface area contributed by atoms with Gasteiger partial charge in [0.05, 0.1) is 10.7 Å². The van der Waals surface area contributed by atoms with Gasteiger partial charge < -0.3 is 5.32 Å². The molecule has 0 amide bonds. The van der Waals surface area contributed by atoms with Crippen LogP contribution in [0.25, 0.3) is 0 Å². The first-order valence-corrected chi connectivity index (χ1v) is 5.22. The molecule has 0 aliphatic heterocycles. The summed E-state index contributed by atoms with van der Waals surface area (Å²) in [4.78, 5) is 0. The first-order valence-electron chi connectivity index (χ1n) is 4.84. The molecule has 2 heteroatoms. The predicted octanol–water partition coefficient (Wildman–Crippen LogP) is 4.39. The van der Waals surface area contributed by atoms with Gasteiger partial charge in [-0.1, -0.05) is 41.9 Å². The third-order valence-electron chi connectivity index (χ3n) is 2.27. The van der Waals surface area contributed by atoms with Gasteiger partial charge >= 0.3 is 0 Å². The zero-order chi connectivity index (χ0) is 10.7. The molecule has 0 spiro atoms. The van der Waals surface area contributed by atoms with Crippen molar-refractivity contribution in [2.75, 3.05) is 5.32 Å². The Labute approximate surface area is 94.7 Å². The van der Waals surface area contributed by atoms with Crippen LogP contribution in [0, 0.1) is 6.92 Å². The highest BCUT2D eigenvalue weighted by Crippen LogP contribution is 2.28. The number of hydrogen-bond donors (Lipinski definition) is 1. The monoisotopic (exact) mass is 217 g/mol. The van der Waals surface area contributed by atoms with Crippen LogP contribution < -0.4 is 5.32 Å². The molecule has 0 aliphatic rings. The molecule has 0 heterocycles.